The monoisotopic (exact) mass is 308 g/mol. The first-order chi connectivity index (χ1) is 9.99. The molecule has 1 heterocycles. The molecule has 0 aliphatic heterocycles. The predicted octanol–water partition coefficient (Wildman–Crippen LogP) is 2.09. The van der Waals surface area contributed by atoms with E-state index in [1.54, 1.807) is 30.1 Å². The summed E-state index contributed by atoms with van der Waals surface area (Å²) in [6.45, 7) is 0.221. The Kier molecular flexibility index (Phi) is 4.44. The van der Waals surface area contributed by atoms with Crippen LogP contribution in [0.25, 0.3) is 0 Å². The van der Waals surface area contributed by atoms with Crippen LogP contribution in [0.1, 0.15) is 16.2 Å². The zero-order chi connectivity index (χ0) is 15.4. The van der Waals surface area contributed by atoms with E-state index in [-0.39, 0.29) is 22.8 Å². The third-order valence-electron chi connectivity index (χ3n) is 2.80. The van der Waals surface area contributed by atoms with E-state index in [9.17, 15) is 9.59 Å². The molecule has 0 aliphatic rings. The van der Waals surface area contributed by atoms with Crippen LogP contribution < -0.4 is 10.6 Å². The molecule has 0 radical (unpaired) electrons. The molecule has 2 rings (SSSR count). The van der Waals surface area contributed by atoms with Gasteiger partial charge in [0.05, 0.1) is 17.3 Å². The summed E-state index contributed by atoms with van der Waals surface area (Å²) in [5.74, 6) is -0.533. The number of carboxylic acids is 1. The summed E-state index contributed by atoms with van der Waals surface area (Å²) in [5.41, 5.74) is -0.0151. The van der Waals surface area contributed by atoms with Gasteiger partial charge in [-0.15, -0.1) is 0 Å². The molecule has 2 amide bonds. The number of aromatic carboxylic acids is 1. The Balaban J connectivity index is 2.05. The van der Waals surface area contributed by atoms with Crippen LogP contribution in [0.3, 0.4) is 0 Å². The van der Waals surface area contributed by atoms with Gasteiger partial charge in [-0.2, -0.15) is 0 Å². The van der Waals surface area contributed by atoms with Gasteiger partial charge >= 0.3 is 12.0 Å². The molecule has 21 heavy (non-hydrogen) atoms. The Morgan fingerprint density at radius 3 is 2.81 bits per heavy atom. The first-order valence-corrected chi connectivity index (χ1v) is 6.39. The van der Waals surface area contributed by atoms with E-state index >= 15 is 0 Å². The van der Waals surface area contributed by atoms with Gasteiger partial charge in [-0.05, 0) is 12.1 Å². The molecule has 0 spiro atoms. The van der Waals surface area contributed by atoms with E-state index in [0.29, 0.717) is 5.82 Å². The Hall–Kier alpha value is -2.54. The number of hydrogen-bond acceptors (Lipinski definition) is 3. The number of carbonyl (C=O) groups excluding carboxylic acids is 1. The molecule has 0 bridgehead atoms. The van der Waals surface area contributed by atoms with E-state index in [1.807, 2.05) is 0 Å². The van der Waals surface area contributed by atoms with E-state index in [0.717, 1.165) is 0 Å². The normalized spacial score (nSPS) is 10.2. The number of rotatable bonds is 4. The zero-order valence-corrected chi connectivity index (χ0v) is 11.9. The fourth-order valence-corrected chi connectivity index (χ4v) is 1.99. The van der Waals surface area contributed by atoms with Crippen molar-refractivity contribution in [2.45, 2.75) is 6.54 Å². The average molecular weight is 309 g/mol. The lowest BCUT2D eigenvalue weighted by Gasteiger charge is -2.10. The maximum absolute atomic E-state index is 11.8. The van der Waals surface area contributed by atoms with Gasteiger partial charge < -0.3 is 20.3 Å². The van der Waals surface area contributed by atoms with Crippen molar-refractivity contribution < 1.29 is 14.7 Å². The van der Waals surface area contributed by atoms with E-state index < -0.39 is 12.0 Å². The molecule has 0 fully saturated rings. The number of imidazole rings is 1. The van der Waals surface area contributed by atoms with Crippen LogP contribution in [-0.2, 0) is 13.6 Å². The van der Waals surface area contributed by atoms with Crippen molar-refractivity contribution >= 4 is 29.3 Å². The Labute approximate surface area is 125 Å². The average Bonchev–Trinajstić information content (AvgIpc) is 2.81. The minimum atomic E-state index is -1.21. The van der Waals surface area contributed by atoms with Gasteiger partial charge in [0.15, 0.2) is 0 Å². The van der Waals surface area contributed by atoms with Crippen molar-refractivity contribution in [1.29, 1.82) is 0 Å². The van der Waals surface area contributed by atoms with Gasteiger partial charge in [-0.3, -0.25) is 0 Å². The lowest BCUT2D eigenvalue weighted by molar-refractivity contribution is 0.0698. The van der Waals surface area contributed by atoms with Crippen LogP contribution in [0.15, 0.2) is 30.6 Å². The third-order valence-corrected chi connectivity index (χ3v) is 3.12. The molecular weight excluding hydrogens is 296 g/mol. The molecule has 7 nitrogen and oxygen atoms in total. The number of halogens is 1. The van der Waals surface area contributed by atoms with E-state index in [1.165, 1.54) is 12.1 Å². The van der Waals surface area contributed by atoms with Crippen molar-refractivity contribution in [3.63, 3.8) is 0 Å². The third kappa shape index (κ3) is 3.51. The predicted molar refractivity (Wildman–Crippen MR) is 77.5 cm³/mol. The lowest BCUT2D eigenvalue weighted by atomic mass is 10.2. The molecule has 1 aromatic heterocycles. The molecule has 110 valence electrons. The number of carbonyl (C=O) groups is 2. The highest BCUT2D eigenvalue weighted by Crippen LogP contribution is 2.24. The second-order valence-electron chi connectivity index (χ2n) is 4.23. The quantitative estimate of drug-likeness (QED) is 0.805. The number of anilines is 1. The van der Waals surface area contributed by atoms with Crippen LogP contribution in [0.2, 0.25) is 5.02 Å². The molecular formula is C13H13ClN4O3. The molecule has 0 atom stereocenters. The summed E-state index contributed by atoms with van der Waals surface area (Å²) in [6.07, 6.45) is 3.38. The van der Waals surface area contributed by atoms with Crippen molar-refractivity contribution in [3.8, 4) is 0 Å². The van der Waals surface area contributed by atoms with Crippen molar-refractivity contribution in [2.75, 3.05) is 5.32 Å². The summed E-state index contributed by atoms with van der Waals surface area (Å²) in [4.78, 5) is 27.0. The highest BCUT2D eigenvalue weighted by molar-refractivity contribution is 6.34. The van der Waals surface area contributed by atoms with Gasteiger partial charge in [0, 0.05) is 19.4 Å². The Morgan fingerprint density at radius 1 is 1.43 bits per heavy atom. The van der Waals surface area contributed by atoms with Crippen LogP contribution in [-0.4, -0.2) is 26.7 Å². The van der Waals surface area contributed by atoms with E-state index in [2.05, 4.69) is 15.6 Å². The lowest BCUT2D eigenvalue weighted by Crippen LogP contribution is -2.29. The highest BCUT2D eigenvalue weighted by atomic mass is 35.5. The summed E-state index contributed by atoms with van der Waals surface area (Å²) in [6, 6.07) is 3.93. The number of benzene rings is 1. The molecule has 0 saturated carbocycles. The molecule has 0 aliphatic carbocycles. The molecule has 0 saturated heterocycles. The van der Waals surface area contributed by atoms with Gasteiger partial charge in [-0.25, -0.2) is 14.6 Å². The van der Waals surface area contributed by atoms with Gasteiger partial charge in [0.1, 0.15) is 11.4 Å². The van der Waals surface area contributed by atoms with Crippen LogP contribution in [0.4, 0.5) is 10.5 Å². The second kappa shape index (κ2) is 6.27. The number of urea groups is 1. The van der Waals surface area contributed by atoms with Crippen LogP contribution in [0, 0.1) is 0 Å². The highest BCUT2D eigenvalue weighted by Gasteiger charge is 2.16. The number of aryl methyl sites for hydroxylation is 1. The van der Waals surface area contributed by atoms with Crippen molar-refractivity contribution in [2.24, 2.45) is 7.05 Å². The minimum Gasteiger partial charge on any atom is -0.478 e. The number of nitrogens with one attached hydrogen (secondary N) is 2. The molecule has 2 aromatic rings. The fraction of sp³-hybridized carbons (Fsp3) is 0.154. The zero-order valence-electron chi connectivity index (χ0n) is 11.1. The summed E-state index contributed by atoms with van der Waals surface area (Å²) in [5, 5.41) is 14.2. The largest absolute Gasteiger partial charge is 0.478 e. The SMILES string of the molecule is Cn1ccnc1CNC(=O)Nc1cccc(Cl)c1C(=O)O. The summed E-state index contributed by atoms with van der Waals surface area (Å²) in [7, 11) is 1.81. The topological polar surface area (TPSA) is 96.3 Å². The number of aromatic nitrogens is 2. The number of carboxylic acid groups (broad SMARTS) is 1. The number of amides is 2. The van der Waals surface area contributed by atoms with Gasteiger partial charge in [0.25, 0.3) is 0 Å². The Morgan fingerprint density at radius 2 is 2.19 bits per heavy atom. The van der Waals surface area contributed by atoms with Crippen LogP contribution in [0.5, 0.6) is 0 Å². The maximum Gasteiger partial charge on any atom is 0.339 e. The number of hydrogen-bond donors (Lipinski definition) is 3. The fourth-order valence-electron chi connectivity index (χ4n) is 1.74. The Bertz CT molecular complexity index is 684. The molecule has 1 aromatic carbocycles. The van der Waals surface area contributed by atoms with Gasteiger partial charge in [-0.1, -0.05) is 17.7 Å². The molecule has 8 heteroatoms. The minimum absolute atomic E-state index is 0.0596. The summed E-state index contributed by atoms with van der Waals surface area (Å²) >= 11 is 5.82. The molecule has 3 N–H and O–H groups in total. The van der Waals surface area contributed by atoms with Crippen molar-refractivity contribution in [3.05, 3.63) is 47.0 Å². The first-order valence-electron chi connectivity index (χ1n) is 6.02. The first kappa shape index (κ1) is 14.9. The van der Waals surface area contributed by atoms with Gasteiger partial charge in [0.2, 0.25) is 0 Å². The molecule has 0 unspecified atom stereocenters. The smallest absolute Gasteiger partial charge is 0.339 e. The number of nitrogens with zero attached hydrogens (tertiary/aromatic N) is 2. The van der Waals surface area contributed by atoms with Crippen LogP contribution >= 0.6 is 11.6 Å². The summed E-state index contributed by atoms with van der Waals surface area (Å²) < 4.78 is 1.77. The maximum atomic E-state index is 11.8. The standard InChI is InChI=1S/C13H13ClN4O3/c1-18-6-5-15-10(18)7-16-13(21)17-9-4-2-3-8(14)11(9)12(19)20/h2-6H,7H2,1H3,(H,19,20)(H2,16,17,21). The van der Waals surface area contributed by atoms with Crippen molar-refractivity contribution in [1.82, 2.24) is 14.9 Å². The second-order valence-corrected chi connectivity index (χ2v) is 4.64. The van der Waals surface area contributed by atoms with E-state index in [4.69, 9.17) is 16.7 Å².